The zero-order chi connectivity index (χ0) is 21.3. The smallest absolute Gasteiger partial charge is 0.260 e. The first-order chi connectivity index (χ1) is 14.4. The van der Waals surface area contributed by atoms with Crippen molar-refractivity contribution in [1.82, 2.24) is 9.88 Å². The molecule has 5 nitrogen and oxygen atoms in total. The number of halogens is 2. The Morgan fingerprint density at radius 1 is 1.03 bits per heavy atom. The van der Waals surface area contributed by atoms with Gasteiger partial charge in [-0.25, -0.2) is 4.98 Å². The molecule has 1 aromatic heterocycles. The summed E-state index contributed by atoms with van der Waals surface area (Å²) in [6.45, 7) is 6.81. The van der Waals surface area contributed by atoms with Gasteiger partial charge < -0.3 is 14.5 Å². The number of piperazine rings is 1. The highest BCUT2D eigenvalue weighted by molar-refractivity contribution is 6.39. The molecule has 0 spiro atoms. The number of aromatic nitrogens is 1. The topological polar surface area (TPSA) is 45.7 Å². The Kier molecular flexibility index (Phi) is 6.02. The van der Waals surface area contributed by atoms with Gasteiger partial charge in [0.15, 0.2) is 12.4 Å². The highest BCUT2D eigenvalue weighted by Gasteiger charge is 2.23. The van der Waals surface area contributed by atoms with Gasteiger partial charge in [-0.05, 0) is 43.7 Å². The average molecular weight is 444 g/mol. The van der Waals surface area contributed by atoms with Gasteiger partial charge in [0.1, 0.15) is 5.52 Å². The number of nitrogens with zero attached hydrogens (tertiary/aromatic N) is 3. The van der Waals surface area contributed by atoms with E-state index in [-0.39, 0.29) is 12.5 Å². The lowest BCUT2D eigenvalue weighted by Crippen LogP contribution is -2.50. The van der Waals surface area contributed by atoms with Gasteiger partial charge in [-0.3, -0.25) is 4.79 Å². The maximum atomic E-state index is 12.8. The number of para-hydroxylation sites is 1. The van der Waals surface area contributed by atoms with E-state index in [9.17, 15) is 4.79 Å². The van der Waals surface area contributed by atoms with Crippen LogP contribution in [0.5, 0.6) is 5.75 Å². The fraction of sp³-hybridized carbons (Fsp3) is 0.304. The van der Waals surface area contributed by atoms with Crippen LogP contribution >= 0.6 is 23.2 Å². The van der Waals surface area contributed by atoms with E-state index in [4.69, 9.17) is 27.9 Å². The number of amides is 1. The first kappa shape index (κ1) is 20.8. The largest absolute Gasteiger partial charge is 0.480 e. The first-order valence-corrected chi connectivity index (χ1v) is 10.7. The van der Waals surface area contributed by atoms with Crippen molar-refractivity contribution in [1.29, 1.82) is 0 Å². The summed E-state index contributed by atoms with van der Waals surface area (Å²) in [7, 11) is 0. The number of aryl methyl sites for hydroxylation is 2. The van der Waals surface area contributed by atoms with Crippen LogP contribution in [-0.4, -0.2) is 48.6 Å². The van der Waals surface area contributed by atoms with E-state index < -0.39 is 0 Å². The Hall–Kier alpha value is -2.50. The molecule has 1 aliphatic heterocycles. The van der Waals surface area contributed by atoms with E-state index in [2.05, 4.69) is 28.9 Å². The molecule has 1 amide bonds. The first-order valence-electron chi connectivity index (χ1n) is 9.90. The highest BCUT2D eigenvalue weighted by Crippen LogP contribution is 2.37. The number of carbonyl (C=O) groups excluding carboxylic acids is 1. The zero-order valence-electron chi connectivity index (χ0n) is 17.0. The fourth-order valence-electron chi connectivity index (χ4n) is 3.77. The highest BCUT2D eigenvalue weighted by atomic mass is 35.5. The van der Waals surface area contributed by atoms with E-state index >= 15 is 0 Å². The molecule has 0 aliphatic carbocycles. The monoisotopic (exact) mass is 443 g/mol. The zero-order valence-corrected chi connectivity index (χ0v) is 18.5. The normalized spacial score (nSPS) is 14.3. The second-order valence-corrected chi connectivity index (χ2v) is 8.28. The van der Waals surface area contributed by atoms with Gasteiger partial charge in [-0.1, -0.05) is 41.4 Å². The molecule has 1 fully saturated rings. The van der Waals surface area contributed by atoms with Crippen molar-refractivity contribution in [2.24, 2.45) is 0 Å². The van der Waals surface area contributed by atoms with E-state index in [1.165, 1.54) is 11.3 Å². The quantitative estimate of drug-likeness (QED) is 0.575. The number of hydrogen-bond donors (Lipinski definition) is 0. The fourth-order valence-corrected chi connectivity index (χ4v) is 4.34. The molecule has 30 heavy (non-hydrogen) atoms. The van der Waals surface area contributed by atoms with Crippen molar-refractivity contribution in [3.8, 4) is 5.75 Å². The van der Waals surface area contributed by atoms with Crippen LogP contribution in [0, 0.1) is 13.8 Å². The van der Waals surface area contributed by atoms with Gasteiger partial charge in [0.05, 0.1) is 10.0 Å². The van der Waals surface area contributed by atoms with E-state index in [0.717, 1.165) is 24.2 Å². The molecule has 0 unspecified atom stereocenters. The molecule has 4 rings (SSSR count). The second-order valence-electron chi connectivity index (χ2n) is 7.46. The van der Waals surface area contributed by atoms with Crippen molar-refractivity contribution in [3.05, 3.63) is 63.8 Å². The predicted octanol–water partition coefficient (Wildman–Crippen LogP) is 4.89. The molecule has 2 heterocycles. The molecule has 0 bridgehead atoms. The van der Waals surface area contributed by atoms with Crippen molar-refractivity contribution in [2.75, 3.05) is 37.7 Å². The molecule has 156 valence electrons. The maximum absolute atomic E-state index is 12.8. The minimum atomic E-state index is -0.0869. The van der Waals surface area contributed by atoms with E-state index in [1.807, 2.05) is 36.1 Å². The van der Waals surface area contributed by atoms with Gasteiger partial charge in [0.25, 0.3) is 5.91 Å². The Bertz CT molecular complexity index is 1100. The predicted molar refractivity (Wildman–Crippen MR) is 122 cm³/mol. The van der Waals surface area contributed by atoms with Crippen LogP contribution in [0.25, 0.3) is 10.9 Å². The Balaban J connectivity index is 1.43. The lowest BCUT2D eigenvalue weighted by molar-refractivity contribution is -0.133. The Morgan fingerprint density at radius 2 is 1.77 bits per heavy atom. The van der Waals surface area contributed by atoms with Crippen molar-refractivity contribution >= 4 is 45.7 Å². The molecule has 0 radical (unpaired) electrons. The third kappa shape index (κ3) is 4.18. The molecule has 0 saturated carbocycles. The van der Waals surface area contributed by atoms with E-state index in [0.29, 0.717) is 34.4 Å². The summed E-state index contributed by atoms with van der Waals surface area (Å²) in [6.07, 6.45) is 0. The van der Waals surface area contributed by atoms with Gasteiger partial charge >= 0.3 is 0 Å². The van der Waals surface area contributed by atoms with Crippen molar-refractivity contribution in [3.63, 3.8) is 0 Å². The van der Waals surface area contributed by atoms with Crippen LogP contribution in [-0.2, 0) is 4.79 Å². The van der Waals surface area contributed by atoms with Gasteiger partial charge in [0, 0.05) is 42.9 Å². The summed E-state index contributed by atoms with van der Waals surface area (Å²) in [5.74, 6) is 0.331. The van der Waals surface area contributed by atoms with Crippen LogP contribution in [0.2, 0.25) is 10.0 Å². The number of benzene rings is 2. The van der Waals surface area contributed by atoms with Crippen molar-refractivity contribution in [2.45, 2.75) is 13.8 Å². The summed E-state index contributed by atoms with van der Waals surface area (Å²) in [6, 6.07) is 13.7. The average Bonchev–Trinajstić information content (AvgIpc) is 2.73. The van der Waals surface area contributed by atoms with Gasteiger partial charge in [0.2, 0.25) is 0 Å². The third-order valence-electron chi connectivity index (χ3n) is 5.41. The minimum Gasteiger partial charge on any atom is -0.480 e. The summed E-state index contributed by atoms with van der Waals surface area (Å²) < 4.78 is 5.85. The number of anilines is 1. The van der Waals surface area contributed by atoms with Crippen LogP contribution in [0.4, 0.5) is 5.69 Å². The summed E-state index contributed by atoms with van der Waals surface area (Å²) >= 11 is 12.6. The summed E-state index contributed by atoms with van der Waals surface area (Å²) in [5.41, 5.74) is 3.86. The number of hydrogen-bond acceptors (Lipinski definition) is 4. The lowest BCUT2D eigenvalue weighted by Gasteiger charge is -2.36. The second kappa shape index (κ2) is 8.70. The number of rotatable bonds is 4. The minimum absolute atomic E-state index is 0.0637. The number of ether oxygens (including phenoxy) is 1. The molecule has 1 saturated heterocycles. The standard InChI is InChI=1S/C23H23Cl2N3O2/c1-15-5-3-4-6-20(15)27-9-11-28(12-10-27)21(29)14-30-23-19(25)13-18(24)17-8-7-16(2)26-22(17)23/h3-8,13H,9-12,14H2,1-2H3. The SMILES string of the molecule is Cc1ccc2c(Cl)cc(Cl)c(OCC(=O)N3CCN(c4ccccc4C)CC3)c2n1. The molecule has 3 aromatic rings. The number of fused-ring (bicyclic) bond motifs is 1. The maximum Gasteiger partial charge on any atom is 0.260 e. The van der Waals surface area contributed by atoms with Gasteiger partial charge in [-0.15, -0.1) is 0 Å². The Morgan fingerprint density at radius 3 is 2.50 bits per heavy atom. The van der Waals surface area contributed by atoms with E-state index in [1.54, 1.807) is 6.07 Å². The van der Waals surface area contributed by atoms with Crippen LogP contribution in [0.3, 0.4) is 0 Å². The molecule has 0 N–H and O–H groups in total. The number of pyridine rings is 1. The van der Waals surface area contributed by atoms with Crippen molar-refractivity contribution < 1.29 is 9.53 Å². The third-order valence-corrected chi connectivity index (χ3v) is 6.00. The summed E-state index contributed by atoms with van der Waals surface area (Å²) in [5, 5.41) is 1.61. The molecular weight excluding hydrogens is 421 g/mol. The number of carbonyl (C=O) groups is 1. The van der Waals surface area contributed by atoms with Gasteiger partial charge in [-0.2, -0.15) is 0 Å². The molecule has 0 atom stereocenters. The molecule has 7 heteroatoms. The van der Waals surface area contributed by atoms with Crippen LogP contribution in [0.1, 0.15) is 11.3 Å². The molecular formula is C23H23Cl2N3O2. The summed E-state index contributed by atoms with van der Waals surface area (Å²) in [4.78, 5) is 21.4. The van der Waals surface area contributed by atoms with Crippen LogP contribution in [0.15, 0.2) is 42.5 Å². The molecule has 2 aromatic carbocycles. The molecule has 1 aliphatic rings. The van der Waals surface area contributed by atoms with Crippen LogP contribution < -0.4 is 9.64 Å². The lowest BCUT2D eigenvalue weighted by atomic mass is 10.1. The Labute approximate surface area is 186 Å².